The summed E-state index contributed by atoms with van der Waals surface area (Å²) >= 11 is 0. The van der Waals surface area contributed by atoms with Crippen LogP contribution in [0, 0.1) is 0 Å². The Hall–Kier alpha value is -2.56. The molecule has 1 aromatic carbocycles. The molecular weight excluding hydrogens is 230 g/mol. The summed E-state index contributed by atoms with van der Waals surface area (Å²) in [7, 11) is 0. The van der Waals surface area contributed by atoms with E-state index in [2.05, 4.69) is 15.1 Å². The molecule has 0 spiro atoms. The first-order valence-electron chi connectivity index (χ1n) is 5.55. The third kappa shape index (κ3) is 1.86. The van der Waals surface area contributed by atoms with Crippen LogP contribution in [0.25, 0.3) is 11.0 Å². The number of aromatic nitrogens is 2. The number of nitrogens with one attached hydrogen (secondary N) is 1. The SMILES string of the molecule is O/N=C(/Cc1nc2ccccc2[nH]1)c1ccco1. The van der Waals surface area contributed by atoms with Crippen molar-refractivity contribution in [3.63, 3.8) is 0 Å². The Labute approximate surface area is 103 Å². The standard InChI is InChI=1S/C13H11N3O2/c17-16-11(12-6-3-7-18-12)8-13-14-9-4-1-2-5-10(9)15-13/h1-7,17H,8H2,(H,14,15)/b16-11-. The molecule has 0 bridgehead atoms. The van der Waals surface area contributed by atoms with Crippen molar-refractivity contribution in [3.8, 4) is 0 Å². The van der Waals surface area contributed by atoms with Gasteiger partial charge in [-0.2, -0.15) is 0 Å². The molecule has 90 valence electrons. The molecule has 0 saturated heterocycles. The van der Waals surface area contributed by atoms with Crippen molar-refractivity contribution >= 4 is 16.7 Å². The van der Waals surface area contributed by atoms with Crippen LogP contribution in [-0.2, 0) is 6.42 Å². The summed E-state index contributed by atoms with van der Waals surface area (Å²) in [5.41, 5.74) is 2.30. The molecule has 2 aromatic heterocycles. The zero-order valence-electron chi connectivity index (χ0n) is 9.50. The Morgan fingerprint density at radius 3 is 2.89 bits per heavy atom. The molecule has 0 unspecified atom stereocenters. The number of hydrogen-bond donors (Lipinski definition) is 2. The van der Waals surface area contributed by atoms with Gasteiger partial charge in [-0.1, -0.05) is 17.3 Å². The van der Waals surface area contributed by atoms with Gasteiger partial charge >= 0.3 is 0 Å². The van der Waals surface area contributed by atoms with Gasteiger partial charge < -0.3 is 14.6 Å². The summed E-state index contributed by atoms with van der Waals surface area (Å²) in [5, 5.41) is 12.3. The predicted octanol–water partition coefficient (Wildman–Crippen LogP) is 2.58. The maximum atomic E-state index is 9.02. The number of furan rings is 1. The molecule has 0 amide bonds. The number of rotatable bonds is 3. The van der Waals surface area contributed by atoms with Gasteiger partial charge in [-0.25, -0.2) is 4.98 Å². The van der Waals surface area contributed by atoms with Gasteiger partial charge in [-0.15, -0.1) is 0 Å². The van der Waals surface area contributed by atoms with Crippen LogP contribution >= 0.6 is 0 Å². The van der Waals surface area contributed by atoms with E-state index in [-0.39, 0.29) is 0 Å². The molecule has 5 heteroatoms. The summed E-state index contributed by atoms with van der Waals surface area (Å²) in [4.78, 5) is 7.60. The van der Waals surface area contributed by atoms with Crippen LogP contribution in [0.3, 0.4) is 0 Å². The van der Waals surface area contributed by atoms with Crippen molar-refractivity contribution in [1.29, 1.82) is 0 Å². The second-order valence-electron chi connectivity index (χ2n) is 3.90. The van der Waals surface area contributed by atoms with E-state index in [1.54, 1.807) is 18.4 Å². The number of nitrogens with zero attached hydrogens (tertiary/aromatic N) is 2. The van der Waals surface area contributed by atoms with E-state index >= 15 is 0 Å². The molecule has 0 aliphatic rings. The largest absolute Gasteiger partial charge is 0.463 e. The van der Waals surface area contributed by atoms with Gasteiger partial charge in [0.05, 0.1) is 23.7 Å². The number of aromatic amines is 1. The highest BCUT2D eigenvalue weighted by atomic mass is 16.4. The summed E-state index contributed by atoms with van der Waals surface area (Å²) in [6.45, 7) is 0. The maximum Gasteiger partial charge on any atom is 0.151 e. The van der Waals surface area contributed by atoms with Crippen LogP contribution in [-0.4, -0.2) is 20.9 Å². The molecule has 18 heavy (non-hydrogen) atoms. The fourth-order valence-electron chi connectivity index (χ4n) is 1.86. The third-order valence-corrected chi connectivity index (χ3v) is 2.70. The normalized spacial score (nSPS) is 12.1. The second-order valence-corrected chi connectivity index (χ2v) is 3.90. The van der Waals surface area contributed by atoms with Crippen LogP contribution in [0.5, 0.6) is 0 Å². The molecule has 0 aliphatic carbocycles. The number of imidazole rings is 1. The molecule has 0 radical (unpaired) electrons. The molecule has 3 aromatic rings. The maximum absolute atomic E-state index is 9.02. The zero-order chi connectivity index (χ0) is 12.4. The number of hydrogen-bond acceptors (Lipinski definition) is 4. The number of H-pyrrole nitrogens is 1. The van der Waals surface area contributed by atoms with Gasteiger partial charge in [0.15, 0.2) is 5.76 Å². The molecule has 0 aliphatic heterocycles. The third-order valence-electron chi connectivity index (χ3n) is 2.70. The lowest BCUT2D eigenvalue weighted by atomic mass is 10.2. The Bertz CT molecular complexity index is 650. The molecule has 0 atom stereocenters. The van der Waals surface area contributed by atoms with Gasteiger partial charge in [0.25, 0.3) is 0 Å². The fourth-order valence-corrected chi connectivity index (χ4v) is 1.86. The van der Waals surface area contributed by atoms with Crippen LogP contribution in [0.1, 0.15) is 11.6 Å². The van der Waals surface area contributed by atoms with Crippen molar-refractivity contribution < 1.29 is 9.62 Å². The van der Waals surface area contributed by atoms with Crippen molar-refractivity contribution in [2.45, 2.75) is 6.42 Å². The monoisotopic (exact) mass is 241 g/mol. The summed E-state index contributed by atoms with van der Waals surface area (Å²) in [6.07, 6.45) is 1.93. The number of benzene rings is 1. The summed E-state index contributed by atoms with van der Waals surface area (Å²) < 4.78 is 5.20. The Morgan fingerprint density at radius 1 is 1.28 bits per heavy atom. The lowest BCUT2D eigenvalue weighted by Gasteiger charge is -1.97. The highest BCUT2D eigenvalue weighted by Crippen LogP contribution is 2.13. The number of fused-ring (bicyclic) bond motifs is 1. The quantitative estimate of drug-likeness (QED) is 0.420. The van der Waals surface area contributed by atoms with Gasteiger partial charge in [0.2, 0.25) is 0 Å². The zero-order valence-corrected chi connectivity index (χ0v) is 9.50. The minimum Gasteiger partial charge on any atom is -0.463 e. The first-order valence-corrected chi connectivity index (χ1v) is 5.55. The lowest BCUT2D eigenvalue weighted by Crippen LogP contribution is -2.05. The van der Waals surface area contributed by atoms with Crippen molar-refractivity contribution in [1.82, 2.24) is 9.97 Å². The van der Waals surface area contributed by atoms with E-state index in [0.717, 1.165) is 16.9 Å². The van der Waals surface area contributed by atoms with Crippen LogP contribution < -0.4 is 0 Å². The van der Waals surface area contributed by atoms with Crippen molar-refractivity contribution in [2.75, 3.05) is 0 Å². The van der Waals surface area contributed by atoms with E-state index in [1.165, 1.54) is 0 Å². The van der Waals surface area contributed by atoms with E-state index < -0.39 is 0 Å². The van der Waals surface area contributed by atoms with Crippen LogP contribution in [0.4, 0.5) is 0 Å². The Balaban J connectivity index is 1.92. The predicted molar refractivity (Wildman–Crippen MR) is 66.8 cm³/mol. The van der Waals surface area contributed by atoms with Crippen molar-refractivity contribution in [3.05, 3.63) is 54.2 Å². The Morgan fingerprint density at radius 2 is 2.17 bits per heavy atom. The first kappa shape index (κ1) is 10.6. The molecule has 0 fully saturated rings. The fraction of sp³-hybridized carbons (Fsp3) is 0.0769. The Kier molecular flexibility index (Phi) is 2.57. The lowest BCUT2D eigenvalue weighted by molar-refractivity contribution is 0.317. The first-order chi connectivity index (χ1) is 8.86. The van der Waals surface area contributed by atoms with E-state index in [1.807, 2.05) is 24.3 Å². The second kappa shape index (κ2) is 4.37. The summed E-state index contributed by atoms with van der Waals surface area (Å²) in [5.74, 6) is 1.28. The van der Waals surface area contributed by atoms with Gasteiger partial charge in [0.1, 0.15) is 11.5 Å². The number of para-hydroxylation sites is 2. The van der Waals surface area contributed by atoms with E-state index in [0.29, 0.717) is 17.9 Å². The highest BCUT2D eigenvalue weighted by Gasteiger charge is 2.11. The van der Waals surface area contributed by atoms with Gasteiger partial charge in [0, 0.05) is 0 Å². The molecule has 2 N–H and O–H groups in total. The van der Waals surface area contributed by atoms with Crippen molar-refractivity contribution in [2.24, 2.45) is 5.16 Å². The molecule has 0 saturated carbocycles. The molecular formula is C13H11N3O2. The molecule has 3 rings (SSSR count). The molecule has 5 nitrogen and oxygen atoms in total. The van der Waals surface area contributed by atoms with Crippen LogP contribution in [0.2, 0.25) is 0 Å². The topological polar surface area (TPSA) is 74.4 Å². The molecule has 2 heterocycles. The smallest absolute Gasteiger partial charge is 0.151 e. The minimum atomic E-state index is 0.388. The highest BCUT2D eigenvalue weighted by molar-refractivity contribution is 5.99. The van der Waals surface area contributed by atoms with Crippen LogP contribution in [0.15, 0.2) is 52.2 Å². The van der Waals surface area contributed by atoms with E-state index in [9.17, 15) is 0 Å². The van der Waals surface area contributed by atoms with Gasteiger partial charge in [-0.05, 0) is 24.3 Å². The average Bonchev–Trinajstić information content (AvgIpc) is 3.04. The average molecular weight is 241 g/mol. The van der Waals surface area contributed by atoms with E-state index in [4.69, 9.17) is 9.62 Å². The minimum absolute atomic E-state index is 0.388. The van der Waals surface area contributed by atoms with Gasteiger partial charge in [-0.3, -0.25) is 0 Å². The summed E-state index contributed by atoms with van der Waals surface area (Å²) in [6, 6.07) is 11.3. The number of oxime groups is 1.